The van der Waals surface area contributed by atoms with Gasteiger partial charge in [0.25, 0.3) is 5.91 Å². The predicted molar refractivity (Wildman–Crippen MR) is 129 cm³/mol. The monoisotopic (exact) mass is 546 g/mol. The first kappa shape index (κ1) is 24.3. The summed E-state index contributed by atoms with van der Waals surface area (Å²) in [6.45, 7) is 1.63. The van der Waals surface area contributed by atoms with Crippen molar-refractivity contribution < 1.29 is 28.4 Å². The Balaban J connectivity index is 1.46. The second kappa shape index (κ2) is 10.2. The maximum Gasteiger partial charge on any atom is 0.355 e. The number of methoxy groups -OCH3 is 1. The average Bonchev–Trinajstić information content (AvgIpc) is 2.85. The van der Waals surface area contributed by atoms with E-state index in [1.54, 1.807) is 38.3 Å². The molecule has 0 aromatic heterocycles. The highest BCUT2D eigenvalue weighted by atomic mass is 79.9. The number of ether oxygens (including phenoxy) is 2. The Hall–Kier alpha value is -2.82. The third-order valence-electron chi connectivity index (χ3n) is 5.69. The van der Waals surface area contributed by atoms with Crippen LogP contribution in [0.15, 0.2) is 65.9 Å². The van der Waals surface area contributed by atoms with E-state index in [1.807, 2.05) is 30.3 Å². The lowest BCUT2D eigenvalue weighted by Gasteiger charge is -2.50. The second-order valence-corrected chi connectivity index (χ2v) is 11.0. The first-order valence-electron chi connectivity index (χ1n) is 10.5. The van der Waals surface area contributed by atoms with Crippen LogP contribution < -0.4 is 10.1 Å². The van der Waals surface area contributed by atoms with Gasteiger partial charge in [0.15, 0.2) is 10.2 Å². The van der Waals surface area contributed by atoms with Gasteiger partial charge in [0.1, 0.15) is 18.1 Å². The summed E-state index contributed by atoms with van der Waals surface area (Å²) >= 11 is 1.81. The number of alkyl halides is 1. The third kappa shape index (κ3) is 4.70. The van der Waals surface area contributed by atoms with Gasteiger partial charge in [0, 0.05) is 5.57 Å². The van der Waals surface area contributed by atoms with Crippen molar-refractivity contribution in [3.63, 3.8) is 0 Å². The van der Waals surface area contributed by atoms with E-state index >= 15 is 0 Å². The van der Waals surface area contributed by atoms with Gasteiger partial charge in [-0.2, -0.15) is 0 Å². The predicted octanol–water partition coefficient (Wildman–Crippen LogP) is 2.39. The van der Waals surface area contributed by atoms with Crippen LogP contribution in [0.1, 0.15) is 18.1 Å². The molecule has 34 heavy (non-hydrogen) atoms. The van der Waals surface area contributed by atoms with Crippen molar-refractivity contribution in [1.82, 2.24) is 10.2 Å². The van der Waals surface area contributed by atoms with Crippen molar-refractivity contribution in [1.29, 1.82) is 0 Å². The summed E-state index contributed by atoms with van der Waals surface area (Å²) in [5.41, 5.74) is 2.04. The minimum Gasteiger partial charge on any atom is -0.614 e. The summed E-state index contributed by atoms with van der Waals surface area (Å²) in [7, 11) is 1.56. The molecule has 2 heterocycles. The molecule has 1 fully saturated rings. The van der Waals surface area contributed by atoms with Crippen LogP contribution in [-0.4, -0.2) is 49.9 Å². The first-order chi connectivity index (χ1) is 16.3. The number of benzene rings is 2. The number of β-lactam (4-membered cyclic amide) rings is 1. The van der Waals surface area contributed by atoms with Gasteiger partial charge in [-0.15, -0.1) is 0 Å². The van der Waals surface area contributed by atoms with Gasteiger partial charge < -0.3 is 19.3 Å². The molecule has 4 atom stereocenters. The first-order valence-corrected chi connectivity index (χ1v) is 12.7. The molecule has 4 rings (SSSR count). The fraction of sp³-hybridized carbons (Fsp3) is 0.292. The number of hydrogen-bond acceptors (Lipinski definition) is 6. The lowest BCUT2D eigenvalue weighted by atomic mass is 10.0. The van der Waals surface area contributed by atoms with Crippen LogP contribution in [0.5, 0.6) is 5.75 Å². The number of esters is 1. The van der Waals surface area contributed by atoms with Crippen molar-refractivity contribution in [2.45, 2.75) is 35.5 Å². The van der Waals surface area contributed by atoms with Crippen LogP contribution in [0.25, 0.3) is 0 Å². The molecular weight excluding hydrogens is 524 g/mol. The van der Waals surface area contributed by atoms with Crippen LogP contribution in [0, 0.1) is 0 Å². The highest BCUT2D eigenvalue weighted by Crippen LogP contribution is 2.42. The van der Waals surface area contributed by atoms with Crippen molar-refractivity contribution in [2.24, 2.45) is 0 Å². The van der Waals surface area contributed by atoms with Crippen molar-refractivity contribution >= 4 is 44.9 Å². The summed E-state index contributed by atoms with van der Waals surface area (Å²) in [5, 5.41) is 1.82. The number of carbonyl (C=O) groups is 3. The summed E-state index contributed by atoms with van der Waals surface area (Å²) in [6.07, 6.45) is 0.0906. The van der Waals surface area contributed by atoms with E-state index in [1.165, 1.54) is 4.90 Å². The van der Waals surface area contributed by atoms with Gasteiger partial charge in [-0.25, -0.2) is 4.79 Å². The topological polar surface area (TPSA) is 108 Å². The molecule has 2 aliphatic rings. The fourth-order valence-corrected chi connectivity index (χ4v) is 6.33. The van der Waals surface area contributed by atoms with E-state index in [9.17, 15) is 18.9 Å². The normalized spacial score (nSPS) is 23.6. The molecule has 2 aromatic carbocycles. The van der Waals surface area contributed by atoms with Gasteiger partial charge in [0.2, 0.25) is 11.3 Å². The molecule has 0 aliphatic carbocycles. The number of carbonyl (C=O) groups excluding carboxylic acids is 3. The fourth-order valence-electron chi connectivity index (χ4n) is 3.87. The minimum absolute atomic E-state index is 0.000410. The van der Waals surface area contributed by atoms with Crippen LogP contribution >= 0.6 is 15.9 Å². The molecule has 1 saturated heterocycles. The molecule has 178 valence electrons. The Morgan fingerprint density at radius 1 is 1.12 bits per heavy atom. The van der Waals surface area contributed by atoms with Crippen molar-refractivity contribution in [3.8, 4) is 5.75 Å². The van der Waals surface area contributed by atoms with Crippen LogP contribution in [0.3, 0.4) is 0 Å². The molecule has 2 aromatic rings. The van der Waals surface area contributed by atoms with E-state index in [-0.39, 0.29) is 24.6 Å². The van der Waals surface area contributed by atoms with Crippen LogP contribution in [-0.2, 0) is 43.3 Å². The van der Waals surface area contributed by atoms with E-state index in [4.69, 9.17) is 9.47 Å². The molecule has 8 nitrogen and oxygen atoms in total. The van der Waals surface area contributed by atoms with Gasteiger partial charge in [-0.05, 0) is 57.3 Å². The Morgan fingerprint density at radius 2 is 1.79 bits per heavy atom. The molecule has 3 unspecified atom stereocenters. The van der Waals surface area contributed by atoms with Gasteiger partial charge in [-0.1, -0.05) is 42.5 Å². The quantitative estimate of drug-likeness (QED) is 0.247. The number of rotatable bonds is 7. The standard InChI is InChI=1S/C24H23BrN2O6S/c1-14-20(24(30)33-13-16-8-10-17(32-2)11-9-16)27-22(29)19(23(27)34(31)21(14)25)26-18(28)12-15-6-4-3-5-7-15/h3-11,19,21,23H,12-13H2,1-2H3,(H,26,28)/t19?,21?,23-,34?/m0/s1. The lowest BCUT2D eigenvalue weighted by Crippen LogP contribution is -2.75. The zero-order valence-corrected chi connectivity index (χ0v) is 20.9. The lowest BCUT2D eigenvalue weighted by molar-refractivity contribution is -0.153. The summed E-state index contributed by atoms with van der Waals surface area (Å²) in [6, 6.07) is 15.2. The molecule has 1 N–H and O–H groups in total. The van der Waals surface area contributed by atoms with Gasteiger partial charge in [-0.3, -0.25) is 14.5 Å². The molecule has 2 amide bonds. The largest absolute Gasteiger partial charge is 0.614 e. The number of halogens is 1. The number of fused-ring (bicyclic) bond motifs is 1. The molecule has 0 bridgehead atoms. The minimum atomic E-state index is -1.57. The Kier molecular flexibility index (Phi) is 7.30. The van der Waals surface area contributed by atoms with Crippen molar-refractivity contribution in [2.75, 3.05) is 7.11 Å². The second-order valence-electron chi connectivity index (χ2n) is 7.91. The highest BCUT2D eigenvalue weighted by molar-refractivity contribution is 9.11. The van der Waals surface area contributed by atoms with Crippen LogP contribution in [0.2, 0.25) is 0 Å². The zero-order valence-electron chi connectivity index (χ0n) is 18.5. The van der Waals surface area contributed by atoms with Crippen molar-refractivity contribution in [3.05, 3.63) is 77.0 Å². The number of amides is 2. The maximum absolute atomic E-state index is 13.0. The smallest absolute Gasteiger partial charge is 0.355 e. The van der Waals surface area contributed by atoms with Gasteiger partial charge in [0.05, 0.1) is 13.5 Å². The zero-order chi connectivity index (χ0) is 24.4. The number of hydrogen-bond donors (Lipinski definition) is 1. The summed E-state index contributed by atoms with van der Waals surface area (Å²) in [4.78, 5) is 39.6. The van der Waals surface area contributed by atoms with Gasteiger partial charge >= 0.3 is 5.97 Å². The number of nitrogens with one attached hydrogen (secondary N) is 1. The Morgan fingerprint density at radius 3 is 2.44 bits per heavy atom. The highest BCUT2D eigenvalue weighted by Gasteiger charge is 2.62. The van der Waals surface area contributed by atoms with E-state index < -0.39 is 38.6 Å². The Labute approximate surface area is 208 Å². The van der Waals surface area contributed by atoms with Crippen LogP contribution in [0.4, 0.5) is 0 Å². The molecule has 0 radical (unpaired) electrons. The molecule has 10 heteroatoms. The number of nitrogens with zero attached hydrogens (tertiary/aromatic N) is 1. The molecule has 2 aliphatic heterocycles. The summed E-state index contributed by atoms with van der Waals surface area (Å²) in [5.74, 6) is -0.862. The third-order valence-corrected chi connectivity index (χ3v) is 9.20. The molecule has 0 spiro atoms. The molecular formula is C24H23BrN2O6S. The van der Waals surface area contributed by atoms with E-state index in [0.717, 1.165) is 11.1 Å². The maximum atomic E-state index is 13.0. The van der Waals surface area contributed by atoms with E-state index in [0.29, 0.717) is 11.3 Å². The van der Waals surface area contributed by atoms with E-state index in [2.05, 4.69) is 21.2 Å². The Bertz CT molecular complexity index is 1120. The molecule has 0 saturated carbocycles. The SMILES string of the molecule is COc1ccc(COC(=O)C2=C(C)C(Br)[S+]([O-])[C@H]3C(NC(=O)Cc4ccccc4)C(=O)N23)cc1. The summed E-state index contributed by atoms with van der Waals surface area (Å²) < 4.78 is 22.9. The average molecular weight is 547 g/mol.